The van der Waals surface area contributed by atoms with Crippen LogP contribution >= 0.6 is 0 Å². The number of rotatable bonds is 1. The molecular formula is C17H22O3. The highest BCUT2D eigenvalue weighted by atomic mass is 16.4. The van der Waals surface area contributed by atoms with Gasteiger partial charge in [0.25, 0.3) is 0 Å². The zero-order valence-electron chi connectivity index (χ0n) is 13.0. The van der Waals surface area contributed by atoms with E-state index in [1.54, 1.807) is 6.92 Å². The van der Waals surface area contributed by atoms with E-state index in [2.05, 4.69) is 20.8 Å². The van der Waals surface area contributed by atoms with Gasteiger partial charge in [-0.3, -0.25) is 0 Å². The molecule has 0 aliphatic carbocycles. The third-order valence-electron chi connectivity index (χ3n) is 3.68. The third-order valence-corrected chi connectivity index (χ3v) is 3.68. The molecule has 0 amide bonds. The summed E-state index contributed by atoms with van der Waals surface area (Å²) in [4.78, 5) is 12.2. The van der Waals surface area contributed by atoms with Crippen LogP contribution in [-0.4, -0.2) is 5.11 Å². The van der Waals surface area contributed by atoms with Crippen molar-refractivity contribution in [2.24, 2.45) is 5.41 Å². The van der Waals surface area contributed by atoms with Crippen molar-refractivity contribution >= 4 is 11.0 Å². The fourth-order valence-corrected chi connectivity index (χ4v) is 2.57. The number of aryl methyl sites for hydroxylation is 3. The Morgan fingerprint density at radius 3 is 2.30 bits per heavy atom. The van der Waals surface area contributed by atoms with Gasteiger partial charge in [0, 0.05) is 16.5 Å². The van der Waals surface area contributed by atoms with E-state index in [1.807, 2.05) is 19.9 Å². The summed E-state index contributed by atoms with van der Waals surface area (Å²) in [5, 5.41) is 10.9. The van der Waals surface area contributed by atoms with Gasteiger partial charge in [0.1, 0.15) is 11.3 Å². The Balaban J connectivity index is 2.83. The summed E-state index contributed by atoms with van der Waals surface area (Å²) in [7, 11) is 0. The molecule has 2 aromatic rings. The number of benzene rings is 1. The summed E-state index contributed by atoms with van der Waals surface area (Å²) in [6, 6.07) is 1.89. The molecular weight excluding hydrogens is 252 g/mol. The van der Waals surface area contributed by atoms with Crippen molar-refractivity contribution in [2.45, 2.75) is 48.0 Å². The summed E-state index contributed by atoms with van der Waals surface area (Å²) < 4.78 is 5.47. The fraction of sp³-hybridized carbons (Fsp3) is 0.471. The first-order valence-corrected chi connectivity index (χ1v) is 6.87. The number of fused-ring (bicyclic) bond motifs is 1. The maximum absolute atomic E-state index is 12.2. The molecule has 108 valence electrons. The molecule has 1 N–H and O–H groups in total. The molecule has 20 heavy (non-hydrogen) atoms. The van der Waals surface area contributed by atoms with Gasteiger partial charge in [-0.15, -0.1) is 0 Å². The van der Waals surface area contributed by atoms with E-state index < -0.39 is 0 Å². The van der Waals surface area contributed by atoms with E-state index in [0.717, 1.165) is 22.1 Å². The predicted molar refractivity (Wildman–Crippen MR) is 81.5 cm³/mol. The maximum atomic E-state index is 12.2. The summed E-state index contributed by atoms with van der Waals surface area (Å²) in [5.41, 5.74) is 3.33. The van der Waals surface area contributed by atoms with Crippen LogP contribution in [-0.2, 0) is 6.42 Å². The minimum Gasteiger partial charge on any atom is -0.507 e. The van der Waals surface area contributed by atoms with Crippen molar-refractivity contribution < 1.29 is 9.52 Å². The fourth-order valence-electron chi connectivity index (χ4n) is 2.57. The van der Waals surface area contributed by atoms with Crippen molar-refractivity contribution in [3.05, 3.63) is 38.7 Å². The van der Waals surface area contributed by atoms with Crippen molar-refractivity contribution in [2.75, 3.05) is 0 Å². The normalized spacial score (nSPS) is 12.1. The molecule has 0 atom stereocenters. The van der Waals surface area contributed by atoms with E-state index in [1.165, 1.54) is 0 Å². The molecule has 0 aliphatic rings. The average molecular weight is 274 g/mol. The van der Waals surface area contributed by atoms with Gasteiger partial charge in [-0.1, -0.05) is 20.8 Å². The van der Waals surface area contributed by atoms with Gasteiger partial charge < -0.3 is 9.52 Å². The van der Waals surface area contributed by atoms with E-state index in [-0.39, 0.29) is 16.8 Å². The van der Waals surface area contributed by atoms with Crippen LogP contribution in [0.3, 0.4) is 0 Å². The molecule has 0 fully saturated rings. The highest BCUT2D eigenvalue weighted by molar-refractivity contribution is 5.86. The molecule has 2 rings (SSSR count). The smallest absolute Gasteiger partial charge is 0.339 e. The third kappa shape index (κ3) is 2.45. The van der Waals surface area contributed by atoms with Gasteiger partial charge in [-0.05, 0) is 49.8 Å². The lowest BCUT2D eigenvalue weighted by Gasteiger charge is -2.19. The molecule has 3 nitrogen and oxygen atoms in total. The molecule has 1 heterocycles. The molecule has 0 saturated carbocycles. The standard InChI is InChI=1S/C17H22O3/c1-9-7-12-10(2)13(8-17(4,5)6)16(19)20-15(12)11(3)14(9)18/h7,18H,8H2,1-6H3. The van der Waals surface area contributed by atoms with Gasteiger partial charge in [-0.25, -0.2) is 4.79 Å². The average Bonchev–Trinajstić information content (AvgIpc) is 2.33. The second kappa shape index (κ2) is 4.65. The number of hydrogen-bond donors (Lipinski definition) is 1. The first-order chi connectivity index (χ1) is 9.11. The SMILES string of the molecule is Cc1cc2c(C)c(CC(C)(C)C)c(=O)oc2c(C)c1O. The van der Waals surface area contributed by atoms with Gasteiger partial charge in [0.05, 0.1) is 0 Å². The van der Waals surface area contributed by atoms with E-state index >= 15 is 0 Å². The predicted octanol–water partition coefficient (Wildman–Crippen LogP) is 4.01. The van der Waals surface area contributed by atoms with E-state index in [9.17, 15) is 9.90 Å². The Morgan fingerprint density at radius 2 is 1.75 bits per heavy atom. The van der Waals surface area contributed by atoms with Gasteiger partial charge in [0.15, 0.2) is 0 Å². The first-order valence-electron chi connectivity index (χ1n) is 6.87. The zero-order valence-corrected chi connectivity index (χ0v) is 13.0. The van der Waals surface area contributed by atoms with Gasteiger partial charge in [-0.2, -0.15) is 0 Å². The van der Waals surface area contributed by atoms with Crippen LogP contribution in [0.4, 0.5) is 0 Å². The molecule has 0 spiro atoms. The molecule has 0 saturated heterocycles. The van der Waals surface area contributed by atoms with Gasteiger partial charge >= 0.3 is 5.63 Å². The van der Waals surface area contributed by atoms with Crippen molar-refractivity contribution in [3.8, 4) is 5.75 Å². The summed E-state index contributed by atoms with van der Waals surface area (Å²) in [5.74, 6) is 0.198. The van der Waals surface area contributed by atoms with Crippen LogP contribution in [0.2, 0.25) is 0 Å². The molecule has 0 bridgehead atoms. The Kier molecular flexibility index (Phi) is 3.41. The first kappa shape index (κ1) is 14.6. The highest BCUT2D eigenvalue weighted by Crippen LogP contribution is 2.33. The lowest BCUT2D eigenvalue weighted by Crippen LogP contribution is -2.18. The number of hydrogen-bond acceptors (Lipinski definition) is 3. The number of phenolic OH excluding ortho intramolecular Hbond substituents is 1. The number of phenols is 1. The largest absolute Gasteiger partial charge is 0.507 e. The van der Waals surface area contributed by atoms with Crippen LogP contribution in [0.15, 0.2) is 15.3 Å². The quantitative estimate of drug-likeness (QED) is 0.799. The van der Waals surface area contributed by atoms with Crippen LogP contribution in [0.25, 0.3) is 11.0 Å². The number of aromatic hydroxyl groups is 1. The lowest BCUT2D eigenvalue weighted by molar-refractivity contribution is 0.400. The molecule has 3 heteroatoms. The Labute approximate surface area is 119 Å². The van der Waals surface area contributed by atoms with Crippen LogP contribution in [0, 0.1) is 26.2 Å². The second-order valence-electron chi connectivity index (χ2n) is 6.77. The minimum atomic E-state index is -0.295. The monoisotopic (exact) mass is 274 g/mol. The molecule has 0 unspecified atom stereocenters. The summed E-state index contributed by atoms with van der Waals surface area (Å²) >= 11 is 0. The highest BCUT2D eigenvalue weighted by Gasteiger charge is 2.20. The Bertz CT molecular complexity index is 731. The van der Waals surface area contributed by atoms with Crippen LogP contribution in [0.5, 0.6) is 5.75 Å². The minimum absolute atomic E-state index is 0.0219. The summed E-state index contributed by atoms with van der Waals surface area (Å²) in [6.07, 6.45) is 0.677. The van der Waals surface area contributed by atoms with Crippen molar-refractivity contribution in [1.29, 1.82) is 0 Å². The molecule has 1 aromatic carbocycles. The van der Waals surface area contributed by atoms with E-state index in [0.29, 0.717) is 17.6 Å². The second-order valence-corrected chi connectivity index (χ2v) is 6.77. The lowest BCUT2D eigenvalue weighted by atomic mass is 9.86. The topological polar surface area (TPSA) is 50.4 Å². The maximum Gasteiger partial charge on any atom is 0.339 e. The van der Waals surface area contributed by atoms with Crippen LogP contribution < -0.4 is 5.63 Å². The molecule has 1 aromatic heterocycles. The van der Waals surface area contributed by atoms with Crippen LogP contribution in [0.1, 0.15) is 43.0 Å². The van der Waals surface area contributed by atoms with Crippen molar-refractivity contribution in [1.82, 2.24) is 0 Å². The zero-order chi connectivity index (χ0) is 15.2. The summed E-state index contributed by atoms with van der Waals surface area (Å²) in [6.45, 7) is 11.9. The van der Waals surface area contributed by atoms with E-state index in [4.69, 9.17) is 4.42 Å². The molecule has 0 radical (unpaired) electrons. The molecule has 0 aliphatic heterocycles. The van der Waals surface area contributed by atoms with Crippen molar-refractivity contribution in [3.63, 3.8) is 0 Å². The Morgan fingerprint density at radius 1 is 1.15 bits per heavy atom. The Hall–Kier alpha value is -1.77. The van der Waals surface area contributed by atoms with Gasteiger partial charge in [0.2, 0.25) is 0 Å².